The highest BCUT2D eigenvalue weighted by Crippen LogP contribution is 2.34. The minimum Gasteiger partial charge on any atom is -0.329 e. The van der Waals surface area contributed by atoms with Crippen molar-refractivity contribution >= 4 is 0 Å². The van der Waals surface area contributed by atoms with Crippen molar-refractivity contribution in [2.45, 2.75) is 12.2 Å². The first-order valence-corrected chi connectivity index (χ1v) is 4.19. The smallest absolute Gasteiger partial charge is 0.329 e. The number of hydrogen-bond acceptors (Lipinski definition) is 2. The van der Waals surface area contributed by atoms with E-state index >= 15 is 0 Å². The van der Waals surface area contributed by atoms with Crippen LogP contribution in [0.3, 0.4) is 0 Å². The van der Waals surface area contributed by atoms with Crippen molar-refractivity contribution in [1.29, 1.82) is 0 Å². The van der Waals surface area contributed by atoms with Crippen LogP contribution in [0.25, 0.3) is 0 Å². The van der Waals surface area contributed by atoms with Crippen LogP contribution >= 0.6 is 0 Å². The fourth-order valence-corrected chi connectivity index (χ4v) is 1.28. The topological polar surface area (TPSA) is 52.0 Å². The van der Waals surface area contributed by atoms with Gasteiger partial charge in [0, 0.05) is 18.2 Å². The molecule has 6 heteroatoms. The number of alkyl halides is 3. The molecular formula is C9H10F4N2. The van der Waals surface area contributed by atoms with Gasteiger partial charge in [-0.25, -0.2) is 4.39 Å². The van der Waals surface area contributed by atoms with Crippen LogP contribution in [0.15, 0.2) is 18.2 Å². The molecule has 2 nitrogen and oxygen atoms in total. The van der Waals surface area contributed by atoms with Crippen LogP contribution < -0.4 is 11.5 Å². The van der Waals surface area contributed by atoms with Crippen LogP contribution in [0.5, 0.6) is 0 Å². The van der Waals surface area contributed by atoms with Gasteiger partial charge in [-0.1, -0.05) is 6.07 Å². The van der Waals surface area contributed by atoms with Gasteiger partial charge in [0.05, 0.1) is 5.56 Å². The van der Waals surface area contributed by atoms with E-state index < -0.39 is 29.2 Å². The van der Waals surface area contributed by atoms with Crippen LogP contribution in [0.1, 0.15) is 17.2 Å². The minimum absolute atomic E-state index is 0.246. The minimum atomic E-state index is -4.62. The summed E-state index contributed by atoms with van der Waals surface area (Å²) >= 11 is 0. The Balaban J connectivity index is 3.33. The highest BCUT2D eigenvalue weighted by atomic mass is 19.4. The monoisotopic (exact) mass is 222 g/mol. The molecule has 1 atom stereocenters. The molecule has 0 fully saturated rings. The first-order valence-electron chi connectivity index (χ1n) is 4.19. The number of halogens is 4. The number of hydrogen-bond donors (Lipinski definition) is 2. The van der Waals surface area contributed by atoms with Gasteiger partial charge < -0.3 is 11.5 Å². The van der Waals surface area contributed by atoms with Crippen LogP contribution in [0.4, 0.5) is 17.6 Å². The van der Waals surface area contributed by atoms with Gasteiger partial charge in [-0.2, -0.15) is 13.2 Å². The van der Waals surface area contributed by atoms with Crippen molar-refractivity contribution in [3.05, 3.63) is 35.1 Å². The Morgan fingerprint density at radius 3 is 2.33 bits per heavy atom. The summed E-state index contributed by atoms with van der Waals surface area (Å²) < 4.78 is 50.6. The van der Waals surface area contributed by atoms with E-state index in [4.69, 9.17) is 11.5 Å². The maximum atomic E-state index is 13.2. The van der Waals surface area contributed by atoms with Crippen LogP contribution in [0.2, 0.25) is 0 Å². The largest absolute Gasteiger partial charge is 0.416 e. The SMILES string of the molecule is NCC(N)c1c(F)cccc1C(F)(F)F. The molecule has 1 aromatic rings. The summed E-state index contributed by atoms with van der Waals surface area (Å²) in [6.45, 7) is -0.246. The number of nitrogens with two attached hydrogens (primary N) is 2. The van der Waals surface area contributed by atoms with E-state index in [1.54, 1.807) is 0 Å². The first kappa shape index (κ1) is 11.9. The second-order valence-electron chi connectivity index (χ2n) is 3.04. The molecule has 84 valence electrons. The zero-order valence-corrected chi connectivity index (χ0v) is 7.68. The fourth-order valence-electron chi connectivity index (χ4n) is 1.28. The van der Waals surface area contributed by atoms with Gasteiger partial charge in [0.15, 0.2) is 0 Å². The Labute approximate surface area is 83.9 Å². The van der Waals surface area contributed by atoms with Gasteiger partial charge in [0.1, 0.15) is 5.82 Å². The van der Waals surface area contributed by atoms with E-state index in [-0.39, 0.29) is 6.54 Å². The number of rotatable bonds is 2. The van der Waals surface area contributed by atoms with Crippen molar-refractivity contribution in [3.63, 3.8) is 0 Å². The maximum absolute atomic E-state index is 13.2. The molecule has 15 heavy (non-hydrogen) atoms. The highest BCUT2D eigenvalue weighted by molar-refractivity contribution is 5.33. The van der Waals surface area contributed by atoms with Crippen molar-refractivity contribution in [3.8, 4) is 0 Å². The summed E-state index contributed by atoms with van der Waals surface area (Å²) in [7, 11) is 0. The molecule has 0 aliphatic rings. The predicted octanol–water partition coefficient (Wildman–Crippen LogP) is 1.80. The lowest BCUT2D eigenvalue weighted by Gasteiger charge is -2.17. The Kier molecular flexibility index (Phi) is 3.31. The van der Waals surface area contributed by atoms with Crippen LogP contribution in [-0.2, 0) is 6.18 Å². The lowest BCUT2D eigenvalue weighted by Crippen LogP contribution is -2.25. The Hall–Kier alpha value is -1.14. The molecular weight excluding hydrogens is 212 g/mol. The average molecular weight is 222 g/mol. The van der Waals surface area contributed by atoms with Crippen molar-refractivity contribution in [2.24, 2.45) is 11.5 Å². The summed E-state index contributed by atoms with van der Waals surface area (Å²) in [5, 5.41) is 0. The van der Waals surface area contributed by atoms with E-state index in [9.17, 15) is 17.6 Å². The summed E-state index contributed by atoms with van der Waals surface area (Å²) in [5.74, 6) is -0.984. The van der Waals surface area contributed by atoms with E-state index in [0.717, 1.165) is 18.2 Å². The van der Waals surface area contributed by atoms with Gasteiger partial charge in [-0.3, -0.25) is 0 Å². The molecule has 1 unspecified atom stereocenters. The molecule has 1 aromatic carbocycles. The average Bonchev–Trinajstić information content (AvgIpc) is 2.15. The summed E-state index contributed by atoms with van der Waals surface area (Å²) in [4.78, 5) is 0. The molecule has 1 rings (SSSR count). The van der Waals surface area contributed by atoms with Crippen molar-refractivity contribution in [1.82, 2.24) is 0 Å². The third-order valence-corrected chi connectivity index (χ3v) is 1.98. The highest BCUT2D eigenvalue weighted by Gasteiger charge is 2.35. The van der Waals surface area contributed by atoms with E-state index in [0.29, 0.717) is 0 Å². The van der Waals surface area contributed by atoms with Gasteiger partial charge in [0.25, 0.3) is 0 Å². The lowest BCUT2D eigenvalue weighted by atomic mass is 10.00. The molecule has 0 bridgehead atoms. The second kappa shape index (κ2) is 4.16. The summed E-state index contributed by atoms with van der Waals surface area (Å²) in [6, 6.07) is 1.56. The predicted molar refractivity (Wildman–Crippen MR) is 47.4 cm³/mol. The summed E-state index contributed by atoms with van der Waals surface area (Å²) in [5.41, 5.74) is 8.81. The summed E-state index contributed by atoms with van der Waals surface area (Å²) in [6.07, 6.45) is -4.62. The molecule has 0 aliphatic heterocycles. The van der Waals surface area contributed by atoms with Crippen molar-refractivity contribution in [2.75, 3.05) is 6.54 Å². The molecule has 0 spiro atoms. The van der Waals surface area contributed by atoms with Crippen molar-refractivity contribution < 1.29 is 17.6 Å². The van der Waals surface area contributed by atoms with E-state index in [1.807, 2.05) is 0 Å². The Morgan fingerprint density at radius 2 is 1.87 bits per heavy atom. The van der Waals surface area contributed by atoms with Gasteiger partial charge in [0.2, 0.25) is 0 Å². The number of benzene rings is 1. The maximum Gasteiger partial charge on any atom is 0.416 e. The lowest BCUT2D eigenvalue weighted by molar-refractivity contribution is -0.138. The third kappa shape index (κ3) is 2.45. The van der Waals surface area contributed by atoms with Crippen LogP contribution in [-0.4, -0.2) is 6.54 Å². The quantitative estimate of drug-likeness (QED) is 0.749. The molecule has 0 aromatic heterocycles. The first-order chi connectivity index (χ1) is 6.88. The zero-order valence-electron chi connectivity index (χ0n) is 7.68. The van der Waals surface area contributed by atoms with E-state index in [1.165, 1.54) is 0 Å². The normalized spacial score (nSPS) is 14.0. The van der Waals surface area contributed by atoms with E-state index in [2.05, 4.69) is 0 Å². The van der Waals surface area contributed by atoms with Gasteiger partial charge in [-0.15, -0.1) is 0 Å². The second-order valence-corrected chi connectivity index (χ2v) is 3.04. The van der Waals surface area contributed by atoms with Gasteiger partial charge in [-0.05, 0) is 12.1 Å². The van der Waals surface area contributed by atoms with Crippen LogP contribution in [0, 0.1) is 5.82 Å². The fraction of sp³-hybridized carbons (Fsp3) is 0.333. The molecule has 0 saturated heterocycles. The molecule has 0 radical (unpaired) electrons. The molecule has 0 amide bonds. The molecule has 0 saturated carbocycles. The van der Waals surface area contributed by atoms with Gasteiger partial charge >= 0.3 is 6.18 Å². The zero-order chi connectivity index (χ0) is 11.6. The molecule has 4 N–H and O–H groups in total. The Morgan fingerprint density at radius 1 is 1.27 bits per heavy atom. The Bertz CT molecular complexity index is 348. The third-order valence-electron chi connectivity index (χ3n) is 1.98. The molecule has 0 aliphatic carbocycles. The standard InChI is InChI=1S/C9H10F4N2/c10-6-3-1-2-5(9(11,12)13)8(6)7(15)4-14/h1-3,7H,4,14-15H2. The molecule has 0 heterocycles.